The molecule has 0 aliphatic carbocycles. The third-order valence-electron chi connectivity index (χ3n) is 1.67. The highest BCUT2D eigenvalue weighted by atomic mass is 16.7. The quantitative estimate of drug-likeness (QED) is 0.385. The Morgan fingerprint density at radius 3 is 1.60 bits per heavy atom. The Balaban J connectivity index is 0. The molecule has 5 heteroatoms. The lowest BCUT2D eigenvalue weighted by atomic mass is 10.5. The van der Waals surface area contributed by atoms with Crippen molar-refractivity contribution in [2.45, 2.75) is 40.3 Å². The number of hydrogen-bond donors (Lipinski definition) is 0. The third kappa shape index (κ3) is 14.7. The zero-order valence-corrected chi connectivity index (χ0v) is 12.7. The molecule has 0 saturated carbocycles. The van der Waals surface area contributed by atoms with Gasteiger partial charge in [-0.1, -0.05) is 0 Å². The molecule has 114 valence electrons. The topological polar surface area (TPSA) is 54.0 Å². The monoisotopic (exact) mass is 284 g/mol. The third-order valence-corrected chi connectivity index (χ3v) is 1.67. The minimum atomic E-state index is -0.560. The fourth-order valence-corrected chi connectivity index (χ4v) is 0.983. The van der Waals surface area contributed by atoms with Gasteiger partial charge in [0.25, 0.3) is 0 Å². The highest BCUT2D eigenvalue weighted by Gasteiger charge is 2.00. The molecule has 0 heterocycles. The molecule has 0 rings (SSSR count). The summed E-state index contributed by atoms with van der Waals surface area (Å²) in [5.74, 6) is 7.11. The maximum atomic E-state index is 9.83. The molecular formula is C15H24O5. The number of carbonyl (C=O) groups excluding carboxylic acids is 1. The van der Waals surface area contributed by atoms with Crippen molar-refractivity contribution in [3.63, 3.8) is 0 Å². The van der Waals surface area contributed by atoms with Crippen molar-refractivity contribution in [3.8, 4) is 24.2 Å². The van der Waals surface area contributed by atoms with Crippen LogP contribution < -0.4 is 0 Å². The lowest BCUT2D eigenvalue weighted by Crippen LogP contribution is -2.14. The normalized spacial score (nSPS) is 9.25. The van der Waals surface area contributed by atoms with E-state index in [-0.39, 0.29) is 0 Å². The summed E-state index contributed by atoms with van der Waals surface area (Å²) >= 11 is 0. The molecule has 0 saturated heterocycles. The molecule has 0 bridgehead atoms. The Labute approximate surface area is 121 Å². The number of rotatable bonds is 8. The van der Waals surface area contributed by atoms with Crippen LogP contribution >= 0.6 is 0 Å². The van der Waals surface area contributed by atoms with E-state index >= 15 is 0 Å². The molecule has 0 aromatic rings. The Hall–Kier alpha value is -1.37. The molecule has 0 fully saturated rings. The molecule has 0 spiro atoms. The van der Waals surface area contributed by atoms with E-state index in [9.17, 15) is 4.79 Å². The fourth-order valence-electron chi connectivity index (χ4n) is 0.983. The molecule has 0 amide bonds. The van der Waals surface area contributed by atoms with E-state index in [1.807, 2.05) is 27.7 Å². The van der Waals surface area contributed by atoms with Gasteiger partial charge < -0.3 is 18.9 Å². The Morgan fingerprint density at radius 2 is 1.30 bits per heavy atom. The van der Waals surface area contributed by atoms with Gasteiger partial charge in [-0.25, -0.2) is 0 Å². The SMILES string of the molecule is C#CC(OCC)OCC.CCOC(C#CC=O)OCC. The van der Waals surface area contributed by atoms with Gasteiger partial charge in [0, 0.05) is 26.4 Å². The molecule has 0 aliphatic rings. The molecule has 0 aliphatic heterocycles. The van der Waals surface area contributed by atoms with E-state index in [4.69, 9.17) is 25.4 Å². The summed E-state index contributed by atoms with van der Waals surface area (Å²) in [6.07, 6.45) is 4.55. The zero-order chi connectivity index (χ0) is 15.6. The first-order valence-corrected chi connectivity index (χ1v) is 6.57. The van der Waals surface area contributed by atoms with Gasteiger partial charge in [0.05, 0.1) is 0 Å². The fraction of sp³-hybridized carbons (Fsp3) is 0.667. The van der Waals surface area contributed by atoms with E-state index in [1.165, 1.54) is 0 Å². The van der Waals surface area contributed by atoms with Crippen molar-refractivity contribution in [2.24, 2.45) is 0 Å². The molecular weight excluding hydrogens is 260 g/mol. The van der Waals surface area contributed by atoms with Crippen molar-refractivity contribution < 1.29 is 23.7 Å². The second-order valence-corrected chi connectivity index (χ2v) is 3.06. The van der Waals surface area contributed by atoms with Gasteiger partial charge in [0.1, 0.15) is 0 Å². The Bertz CT molecular complexity index is 298. The van der Waals surface area contributed by atoms with E-state index in [1.54, 1.807) is 0 Å². The number of ether oxygens (including phenoxy) is 4. The van der Waals surface area contributed by atoms with Crippen LogP contribution in [0.25, 0.3) is 0 Å². The van der Waals surface area contributed by atoms with Crippen molar-refractivity contribution in [1.82, 2.24) is 0 Å². The number of carbonyl (C=O) groups is 1. The molecule has 0 atom stereocenters. The highest BCUT2D eigenvalue weighted by molar-refractivity contribution is 5.72. The number of hydrogen-bond acceptors (Lipinski definition) is 5. The number of aldehydes is 1. The summed E-state index contributed by atoms with van der Waals surface area (Å²) in [6.45, 7) is 9.68. The van der Waals surface area contributed by atoms with Crippen LogP contribution in [0.3, 0.4) is 0 Å². The second kappa shape index (κ2) is 17.6. The van der Waals surface area contributed by atoms with Crippen LogP contribution in [-0.4, -0.2) is 45.3 Å². The summed E-state index contributed by atoms with van der Waals surface area (Å²) in [6, 6.07) is 0. The average Bonchev–Trinajstić information content (AvgIpc) is 2.45. The summed E-state index contributed by atoms with van der Waals surface area (Å²) in [5, 5.41) is 0. The minimum Gasteiger partial charge on any atom is -0.342 e. The Kier molecular flexibility index (Phi) is 18.5. The molecule has 0 N–H and O–H groups in total. The minimum absolute atomic E-state index is 0.458. The first-order chi connectivity index (χ1) is 9.69. The lowest BCUT2D eigenvalue weighted by Gasteiger charge is -2.08. The standard InChI is InChI=1S/C8H12O3.C7H12O2/c1-3-10-8(11-4-2)6-5-7-9;1-4-7(8-5-2)9-6-3/h7-8H,3-4H2,1-2H3;1,7H,5-6H2,2-3H3. The molecule has 0 aromatic heterocycles. The smallest absolute Gasteiger partial charge is 0.222 e. The van der Waals surface area contributed by atoms with Gasteiger partial charge in [-0.2, -0.15) is 0 Å². The van der Waals surface area contributed by atoms with Gasteiger partial charge in [0.15, 0.2) is 6.29 Å². The van der Waals surface area contributed by atoms with Crippen molar-refractivity contribution >= 4 is 6.29 Å². The van der Waals surface area contributed by atoms with Gasteiger partial charge >= 0.3 is 0 Å². The average molecular weight is 284 g/mol. The van der Waals surface area contributed by atoms with Crippen LogP contribution in [0.2, 0.25) is 0 Å². The molecule has 0 radical (unpaired) electrons. The largest absolute Gasteiger partial charge is 0.342 e. The number of terminal acetylenes is 1. The zero-order valence-electron chi connectivity index (χ0n) is 12.7. The first-order valence-electron chi connectivity index (χ1n) is 6.57. The van der Waals surface area contributed by atoms with Crippen LogP contribution in [0.1, 0.15) is 27.7 Å². The van der Waals surface area contributed by atoms with Gasteiger partial charge in [0.2, 0.25) is 12.6 Å². The summed E-state index contributed by atoms with van der Waals surface area (Å²) in [4.78, 5) is 9.83. The molecule has 0 aromatic carbocycles. The van der Waals surface area contributed by atoms with Crippen molar-refractivity contribution in [1.29, 1.82) is 0 Å². The lowest BCUT2D eigenvalue weighted by molar-refractivity contribution is -0.104. The van der Waals surface area contributed by atoms with Crippen LogP contribution in [0.5, 0.6) is 0 Å². The van der Waals surface area contributed by atoms with E-state index in [0.29, 0.717) is 32.7 Å². The second-order valence-electron chi connectivity index (χ2n) is 3.06. The highest BCUT2D eigenvalue weighted by Crippen LogP contribution is 1.92. The Morgan fingerprint density at radius 1 is 0.900 bits per heavy atom. The maximum absolute atomic E-state index is 9.83. The van der Waals surface area contributed by atoms with Gasteiger partial charge in [-0.05, 0) is 45.5 Å². The van der Waals surface area contributed by atoms with E-state index < -0.39 is 12.6 Å². The summed E-state index contributed by atoms with van der Waals surface area (Å²) in [5.41, 5.74) is 0. The van der Waals surface area contributed by atoms with Crippen LogP contribution in [0.4, 0.5) is 0 Å². The van der Waals surface area contributed by atoms with Gasteiger partial charge in [-0.3, -0.25) is 4.79 Å². The predicted octanol–water partition coefficient (Wildman–Crippen LogP) is 1.61. The molecule has 0 unspecified atom stereocenters. The molecule has 20 heavy (non-hydrogen) atoms. The summed E-state index contributed by atoms with van der Waals surface area (Å²) in [7, 11) is 0. The van der Waals surface area contributed by atoms with Crippen molar-refractivity contribution in [2.75, 3.05) is 26.4 Å². The van der Waals surface area contributed by atoms with Crippen molar-refractivity contribution in [3.05, 3.63) is 0 Å². The van der Waals surface area contributed by atoms with E-state index in [2.05, 4.69) is 17.8 Å². The predicted molar refractivity (Wildman–Crippen MR) is 76.8 cm³/mol. The first kappa shape index (κ1) is 20.9. The van der Waals surface area contributed by atoms with Gasteiger partial charge in [-0.15, -0.1) is 6.42 Å². The summed E-state index contributed by atoms with van der Waals surface area (Å²) < 4.78 is 20.0. The van der Waals surface area contributed by atoms with Crippen LogP contribution in [-0.2, 0) is 23.7 Å². The van der Waals surface area contributed by atoms with E-state index in [0.717, 1.165) is 0 Å². The molecule has 5 nitrogen and oxygen atoms in total. The van der Waals surface area contributed by atoms with Crippen LogP contribution in [0, 0.1) is 24.2 Å². The maximum Gasteiger partial charge on any atom is 0.222 e. The van der Waals surface area contributed by atoms with Crippen LogP contribution in [0.15, 0.2) is 0 Å².